The van der Waals surface area contributed by atoms with E-state index < -0.39 is 0 Å². The first-order valence-corrected chi connectivity index (χ1v) is 2.49. The van der Waals surface area contributed by atoms with E-state index in [1.807, 2.05) is 0 Å². The molecule has 0 heterocycles. The second kappa shape index (κ2) is 4.32. The molecule has 0 unspecified atom stereocenters. The standard InChI is InChI=1S/C3H5IO3/c1-6-3(5)2-7-4/h2H2,1H3. The molecule has 0 aliphatic heterocycles. The van der Waals surface area contributed by atoms with Gasteiger partial charge in [0.1, 0.15) is 23.0 Å². The van der Waals surface area contributed by atoms with E-state index in [2.05, 4.69) is 7.80 Å². The second-order valence-corrected chi connectivity index (χ2v) is 1.45. The predicted octanol–water partition coefficient (Wildman–Crippen LogP) is 0.526. The van der Waals surface area contributed by atoms with Crippen molar-refractivity contribution in [3.8, 4) is 0 Å². The van der Waals surface area contributed by atoms with E-state index in [0.29, 0.717) is 0 Å². The zero-order valence-corrected chi connectivity index (χ0v) is 5.97. The van der Waals surface area contributed by atoms with Gasteiger partial charge in [0, 0.05) is 0 Å². The molecular formula is C3H5IO3. The van der Waals surface area contributed by atoms with Gasteiger partial charge in [0.25, 0.3) is 0 Å². The molecule has 42 valence electrons. The van der Waals surface area contributed by atoms with Gasteiger partial charge < -0.3 is 7.80 Å². The normalized spacial score (nSPS) is 8.29. The van der Waals surface area contributed by atoms with Crippen molar-refractivity contribution in [2.24, 2.45) is 0 Å². The summed E-state index contributed by atoms with van der Waals surface area (Å²) in [6.45, 7) is 0.0249. The number of esters is 1. The lowest BCUT2D eigenvalue weighted by Gasteiger charge is -1.90. The van der Waals surface area contributed by atoms with Crippen molar-refractivity contribution in [2.45, 2.75) is 0 Å². The van der Waals surface area contributed by atoms with Gasteiger partial charge in [0.05, 0.1) is 7.11 Å². The molecule has 0 atom stereocenters. The van der Waals surface area contributed by atoms with Gasteiger partial charge in [-0.05, 0) is 0 Å². The van der Waals surface area contributed by atoms with Crippen LogP contribution in [0.15, 0.2) is 0 Å². The van der Waals surface area contributed by atoms with Gasteiger partial charge in [-0.2, -0.15) is 0 Å². The highest BCUT2D eigenvalue weighted by molar-refractivity contribution is 14.1. The third kappa shape index (κ3) is 4.00. The van der Waals surface area contributed by atoms with Crippen LogP contribution in [0.4, 0.5) is 0 Å². The van der Waals surface area contributed by atoms with Crippen LogP contribution in [0, 0.1) is 0 Å². The van der Waals surface area contributed by atoms with Crippen LogP contribution in [0.5, 0.6) is 0 Å². The van der Waals surface area contributed by atoms with Gasteiger partial charge >= 0.3 is 5.97 Å². The van der Waals surface area contributed by atoms with Crippen LogP contribution in [0.3, 0.4) is 0 Å². The number of methoxy groups -OCH3 is 1. The lowest BCUT2D eigenvalue weighted by Crippen LogP contribution is -2.05. The van der Waals surface area contributed by atoms with Gasteiger partial charge in [-0.15, -0.1) is 0 Å². The molecule has 7 heavy (non-hydrogen) atoms. The molecular weight excluding hydrogens is 211 g/mol. The number of carbonyl (C=O) groups is 1. The Morgan fingerprint density at radius 2 is 2.43 bits per heavy atom. The highest BCUT2D eigenvalue weighted by Crippen LogP contribution is 1.84. The lowest BCUT2D eigenvalue weighted by atomic mass is 10.8. The monoisotopic (exact) mass is 216 g/mol. The molecule has 4 heteroatoms. The SMILES string of the molecule is COC(=O)COI. The summed E-state index contributed by atoms with van der Waals surface area (Å²) >= 11 is 1.63. The molecule has 0 bridgehead atoms. The van der Waals surface area contributed by atoms with Crippen molar-refractivity contribution in [3.05, 3.63) is 0 Å². The number of rotatable bonds is 2. The minimum atomic E-state index is -0.352. The average molecular weight is 216 g/mol. The van der Waals surface area contributed by atoms with Gasteiger partial charge in [0.2, 0.25) is 0 Å². The summed E-state index contributed by atoms with van der Waals surface area (Å²) in [7, 11) is 1.32. The molecule has 0 fully saturated rings. The molecule has 0 spiro atoms. The maximum absolute atomic E-state index is 10.1. The number of hydrogen-bond donors (Lipinski definition) is 0. The molecule has 0 saturated heterocycles. The van der Waals surface area contributed by atoms with Crippen molar-refractivity contribution in [3.63, 3.8) is 0 Å². The van der Waals surface area contributed by atoms with Gasteiger partial charge in [-0.3, -0.25) is 0 Å². The van der Waals surface area contributed by atoms with Crippen molar-refractivity contribution in [1.29, 1.82) is 0 Å². The number of ether oxygens (including phenoxy) is 1. The van der Waals surface area contributed by atoms with Crippen LogP contribution < -0.4 is 0 Å². The summed E-state index contributed by atoms with van der Waals surface area (Å²) < 4.78 is 8.61. The third-order valence-corrected chi connectivity index (χ3v) is 0.711. The Morgan fingerprint density at radius 3 is 2.57 bits per heavy atom. The first-order valence-electron chi connectivity index (χ1n) is 1.61. The van der Waals surface area contributed by atoms with Crippen molar-refractivity contribution < 1.29 is 12.6 Å². The Kier molecular flexibility index (Phi) is 4.42. The lowest BCUT2D eigenvalue weighted by molar-refractivity contribution is -0.142. The molecule has 0 radical (unpaired) electrons. The van der Waals surface area contributed by atoms with Crippen molar-refractivity contribution in [1.82, 2.24) is 0 Å². The van der Waals surface area contributed by atoms with Crippen LogP contribution in [0.1, 0.15) is 0 Å². The van der Waals surface area contributed by atoms with Crippen molar-refractivity contribution in [2.75, 3.05) is 13.7 Å². The van der Waals surface area contributed by atoms with Crippen molar-refractivity contribution >= 4 is 29.0 Å². The van der Waals surface area contributed by atoms with E-state index in [1.165, 1.54) is 7.11 Å². The van der Waals surface area contributed by atoms with Crippen LogP contribution in [0.2, 0.25) is 0 Å². The van der Waals surface area contributed by atoms with E-state index in [0.717, 1.165) is 0 Å². The molecule has 0 saturated carbocycles. The van der Waals surface area contributed by atoms with E-state index in [1.54, 1.807) is 23.0 Å². The molecule has 0 N–H and O–H groups in total. The number of hydrogen-bond acceptors (Lipinski definition) is 3. The molecule has 0 aromatic heterocycles. The number of carbonyl (C=O) groups excluding carboxylic acids is 1. The smallest absolute Gasteiger partial charge is 0.332 e. The fourth-order valence-corrected chi connectivity index (χ4v) is 0.358. The zero-order chi connectivity index (χ0) is 5.70. The Bertz CT molecular complexity index is 63.2. The van der Waals surface area contributed by atoms with E-state index in [9.17, 15) is 4.79 Å². The summed E-state index contributed by atoms with van der Waals surface area (Å²) in [6, 6.07) is 0. The molecule has 0 aromatic carbocycles. The first-order chi connectivity index (χ1) is 3.31. The van der Waals surface area contributed by atoms with E-state index in [4.69, 9.17) is 0 Å². The molecule has 3 nitrogen and oxygen atoms in total. The maximum atomic E-state index is 10.1. The predicted molar refractivity (Wildman–Crippen MR) is 32.0 cm³/mol. The van der Waals surface area contributed by atoms with Crippen LogP contribution in [-0.4, -0.2) is 19.7 Å². The third-order valence-electron chi connectivity index (χ3n) is 0.400. The Balaban J connectivity index is 3.00. The molecule has 0 aromatic rings. The van der Waals surface area contributed by atoms with E-state index >= 15 is 0 Å². The summed E-state index contributed by atoms with van der Waals surface area (Å²) in [4.78, 5) is 10.1. The summed E-state index contributed by atoms with van der Waals surface area (Å²) in [6.07, 6.45) is 0. The maximum Gasteiger partial charge on any atom is 0.332 e. The van der Waals surface area contributed by atoms with Crippen LogP contribution in [0.25, 0.3) is 0 Å². The summed E-state index contributed by atoms with van der Waals surface area (Å²) in [5, 5.41) is 0. The first kappa shape index (κ1) is 7.16. The average Bonchev–Trinajstić information content (AvgIpc) is 1.68. The second-order valence-electron chi connectivity index (χ2n) is 0.830. The summed E-state index contributed by atoms with van der Waals surface area (Å²) in [5.74, 6) is -0.352. The van der Waals surface area contributed by atoms with Gasteiger partial charge in [-0.1, -0.05) is 0 Å². The fraction of sp³-hybridized carbons (Fsp3) is 0.667. The Labute approximate surface area is 55.7 Å². The highest BCUT2D eigenvalue weighted by Gasteiger charge is 1.94. The fourth-order valence-electron chi connectivity index (χ4n) is 0.103. The minimum Gasteiger partial charge on any atom is -0.467 e. The summed E-state index contributed by atoms with van der Waals surface area (Å²) in [5.41, 5.74) is 0. The van der Waals surface area contributed by atoms with Crippen LogP contribution in [-0.2, 0) is 12.6 Å². The van der Waals surface area contributed by atoms with Crippen LogP contribution >= 0.6 is 23.0 Å². The molecule has 0 amide bonds. The highest BCUT2D eigenvalue weighted by atomic mass is 127. The molecule has 0 aliphatic rings. The van der Waals surface area contributed by atoms with Gasteiger partial charge in [-0.25, -0.2) is 4.79 Å². The topological polar surface area (TPSA) is 35.5 Å². The minimum absolute atomic E-state index is 0.0249. The van der Waals surface area contributed by atoms with E-state index in [-0.39, 0.29) is 12.6 Å². The quantitative estimate of drug-likeness (QED) is 0.498. The number of halogens is 1. The zero-order valence-electron chi connectivity index (χ0n) is 3.81. The Morgan fingerprint density at radius 1 is 1.86 bits per heavy atom. The molecule has 0 rings (SSSR count). The van der Waals surface area contributed by atoms with Gasteiger partial charge in [0.15, 0.2) is 6.61 Å². The Hall–Kier alpha value is 0.160. The largest absolute Gasteiger partial charge is 0.467 e. The molecule has 0 aliphatic carbocycles.